The average molecular weight is 240 g/mol. The van der Waals surface area contributed by atoms with E-state index in [4.69, 9.17) is 0 Å². The first kappa shape index (κ1) is 10.8. The molecule has 0 bridgehead atoms. The molecule has 1 rings (SSSR count). The van der Waals surface area contributed by atoms with Gasteiger partial charge in [0.25, 0.3) is 0 Å². The molecule has 1 aromatic rings. The second-order valence-corrected chi connectivity index (χ2v) is 5.51. The summed E-state index contributed by atoms with van der Waals surface area (Å²) in [5, 5.41) is 0. The number of rotatable bonds is 0. The van der Waals surface area contributed by atoms with Gasteiger partial charge in [0.1, 0.15) is 0 Å². The molecule has 0 aliphatic rings. The zero-order chi connectivity index (χ0) is 10.2. The number of aryl methyl sites for hydroxylation is 2. The van der Waals surface area contributed by atoms with E-state index >= 15 is 0 Å². The van der Waals surface area contributed by atoms with Crippen molar-refractivity contribution in [2.24, 2.45) is 0 Å². The summed E-state index contributed by atoms with van der Waals surface area (Å²) < 4.78 is 1.33. The third-order valence-electron chi connectivity index (χ3n) is 2.31. The van der Waals surface area contributed by atoms with E-state index in [-0.39, 0.29) is 5.41 Å². The Morgan fingerprint density at radius 2 is 1.46 bits per heavy atom. The summed E-state index contributed by atoms with van der Waals surface area (Å²) in [7, 11) is 0. The molecule has 13 heavy (non-hydrogen) atoms. The molecule has 0 aromatic heterocycles. The predicted molar refractivity (Wildman–Crippen MR) is 60.0 cm³/mol. The molecule has 0 amide bonds. The molecule has 0 spiro atoms. The minimum atomic E-state index is 0.233. The van der Waals surface area contributed by atoms with Crippen molar-refractivity contribution >= 4 is 20.5 Å². The van der Waals surface area contributed by atoms with Gasteiger partial charge in [0.2, 0.25) is 0 Å². The fraction of sp³-hybridized carbons (Fsp3) is 0.500. The van der Waals surface area contributed by atoms with Crippen LogP contribution < -0.4 is 4.46 Å². The fourth-order valence-corrected chi connectivity index (χ4v) is 2.84. The van der Waals surface area contributed by atoms with Gasteiger partial charge in [-0.15, -0.1) is 0 Å². The monoisotopic (exact) mass is 241 g/mol. The van der Waals surface area contributed by atoms with Crippen molar-refractivity contribution in [2.45, 2.75) is 40.0 Å². The molecule has 0 aliphatic heterocycles. The summed E-state index contributed by atoms with van der Waals surface area (Å²) in [5.41, 5.74) is 4.41. The van der Waals surface area contributed by atoms with Crippen LogP contribution in [0.3, 0.4) is 0 Å². The predicted octanol–water partition coefficient (Wildman–Crippen LogP) is 2.39. The Balaban J connectivity index is 3.43. The molecule has 0 aliphatic carbocycles. The van der Waals surface area contributed by atoms with Crippen LogP contribution in [0.15, 0.2) is 12.1 Å². The van der Waals surface area contributed by atoms with E-state index in [2.05, 4.69) is 62.8 Å². The Bertz CT molecular complexity index is 319. The third kappa shape index (κ3) is 2.15. The maximum atomic E-state index is 3.19. The van der Waals surface area contributed by atoms with Crippen LogP contribution in [0.5, 0.6) is 0 Å². The topological polar surface area (TPSA) is 0 Å². The molecule has 0 nitrogen and oxygen atoms in total. The van der Waals surface area contributed by atoms with Gasteiger partial charge in [0, 0.05) is 0 Å². The van der Waals surface area contributed by atoms with Crippen molar-refractivity contribution in [1.29, 1.82) is 0 Å². The molecule has 0 fully saturated rings. The van der Waals surface area contributed by atoms with Crippen LogP contribution in [-0.4, -0.2) is 16.0 Å². The molecule has 71 valence electrons. The van der Waals surface area contributed by atoms with Crippen molar-refractivity contribution in [3.8, 4) is 0 Å². The molecule has 1 aromatic carbocycles. The van der Waals surface area contributed by atoms with Crippen LogP contribution in [0.1, 0.15) is 37.5 Å². The standard InChI is InChI=1S/C12H17Se/c1-8-6-7-9(2)11(13)10(8)12(3,4)5/h6-7H,1-5H3. The van der Waals surface area contributed by atoms with Gasteiger partial charge in [-0.2, -0.15) is 0 Å². The van der Waals surface area contributed by atoms with Crippen molar-refractivity contribution in [3.63, 3.8) is 0 Å². The van der Waals surface area contributed by atoms with E-state index in [1.54, 1.807) is 0 Å². The van der Waals surface area contributed by atoms with Crippen LogP contribution in [0.4, 0.5) is 0 Å². The molecule has 1 heteroatoms. The van der Waals surface area contributed by atoms with Gasteiger partial charge < -0.3 is 0 Å². The molecule has 0 atom stereocenters. The molecule has 0 N–H and O–H groups in total. The minimum absolute atomic E-state index is 0.233. The maximum absolute atomic E-state index is 3.19. The second-order valence-electron chi connectivity index (χ2n) is 4.65. The first-order valence-electron chi connectivity index (χ1n) is 4.61. The Hall–Kier alpha value is -0.261. The van der Waals surface area contributed by atoms with Crippen molar-refractivity contribution in [1.82, 2.24) is 0 Å². The number of hydrogen-bond donors (Lipinski definition) is 0. The zero-order valence-corrected chi connectivity index (χ0v) is 10.8. The van der Waals surface area contributed by atoms with Crippen molar-refractivity contribution < 1.29 is 0 Å². The SMILES string of the molecule is Cc1ccc(C)c(C(C)(C)C)c1[Se]. The molecular formula is C12H17Se. The first-order chi connectivity index (χ1) is 5.84. The Kier molecular flexibility index (Phi) is 2.89. The van der Waals surface area contributed by atoms with Crippen LogP contribution in [0, 0.1) is 13.8 Å². The second kappa shape index (κ2) is 3.47. The molecule has 0 saturated carbocycles. The molecule has 0 heterocycles. The van der Waals surface area contributed by atoms with E-state index in [9.17, 15) is 0 Å². The van der Waals surface area contributed by atoms with Gasteiger partial charge in [-0.1, -0.05) is 0 Å². The number of hydrogen-bond acceptors (Lipinski definition) is 0. The van der Waals surface area contributed by atoms with E-state index in [1.807, 2.05) is 0 Å². The van der Waals surface area contributed by atoms with Crippen molar-refractivity contribution in [2.75, 3.05) is 0 Å². The van der Waals surface area contributed by atoms with Gasteiger partial charge in [0.05, 0.1) is 0 Å². The summed E-state index contributed by atoms with van der Waals surface area (Å²) in [6.07, 6.45) is 0. The van der Waals surface area contributed by atoms with Gasteiger partial charge >= 0.3 is 89.3 Å². The fourth-order valence-electron chi connectivity index (χ4n) is 1.72. The molecular weight excluding hydrogens is 223 g/mol. The zero-order valence-electron chi connectivity index (χ0n) is 9.06. The van der Waals surface area contributed by atoms with Crippen LogP contribution >= 0.6 is 0 Å². The summed E-state index contributed by atoms with van der Waals surface area (Å²) in [5.74, 6) is 0. The van der Waals surface area contributed by atoms with Crippen molar-refractivity contribution in [3.05, 3.63) is 28.8 Å². The average Bonchev–Trinajstić information content (AvgIpc) is 1.95. The number of benzene rings is 1. The Morgan fingerprint density at radius 1 is 1.00 bits per heavy atom. The first-order valence-corrected chi connectivity index (χ1v) is 5.47. The van der Waals surface area contributed by atoms with Gasteiger partial charge in [-0.25, -0.2) is 0 Å². The van der Waals surface area contributed by atoms with Gasteiger partial charge in [-0.05, 0) is 0 Å². The summed E-state index contributed by atoms with van der Waals surface area (Å²) in [4.78, 5) is 0. The van der Waals surface area contributed by atoms with E-state index in [1.165, 1.54) is 21.2 Å². The quantitative estimate of drug-likeness (QED) is 0.611. The van der Waals surface area contributed by atoms with E-state index < -0.39 is 0 Å². The summed E-state index contributed by atoms with van der Waals surface area (Å²) in [6.45, 7) is 11.1. The van der Waals surface area contributed by atoms with Crippen LogP contribution in [0.25, 0.3) is 0 Å². The Labute approximate surface area is 89.6 Å². The van der Waals surface area contributed by atoms with E-state index in [0.717, 1.165) is 0 Å². The van der Waals surface area contributed by atoms with Gasteiger partial charge in [-0.3, -0.25) is 0 Å². The normalized spacial score (nSPS) is 11.8. The Morgan fingerprint density at radius 3 is 1.85 bits per heavy atom. The molecule has 0 saturated heterocycles. The molecule has 0 unspecified atom stereocenters. The summed E-state index contributed by atoms with van der Waals surface area (Å²) >= 11 is 3.19. The summed E-state index contributed by atoms with van der Waals surface area (Å²) in [6, 6.07) is 4.38. The van der Waals surface area contributed by atoms with Crippen LogP contribution in [-0.2, 0) is 5.41 Å². The third-order valence-corrected chi connectivity index (χ3v) is 3.42. The van der Waals surface area contributed by atoms with E-state index in [0.29, 0.717) is 0 Å². The molecule has 1 radical (unpaired) electrons. The van der Waals surface area contributed by atoms with Crippen LogP contribution in [0.2, 0.25) is 0 Å². The van der Waals surface area contributed by atoms with Gasteiger partial charge in [0.15, 0.2) is 0 Å².